The Kier molecular flexibility index (Phi) is 6.96. The molecular weight excluding hydrogens is 418 g/mol. The van der Waals surface area contributed by atoms with Gasteiger partial charge in [0, 0.05) is 19.2 Å². The van der Waals surface area contributed by atoms with Gasteiger partial charge in [0.15, 0.2) is 0 Å². The summed E-state index contributed by atoms with van der Waals surface area (Å²) in [6.07, 6.45) is 1.79. The number of hydrogen-bond acceptors (Lipinski definition) is 5. The SMILES string of the molecule is CSC[C@H](NC(=O)[C@H](Cc1ccccc1)n1c(=O)c2ccccc2n(C)c1=O)C(=O)O. The van der Waals surface area contributed by atoms with Gasteiger partial charge >= 0.3 is 11.7 Å². The molecule has 0 aliphatic carbocycles. The zero-order chi connectivity index (χ0) is 22.5. The molecule has 1 heterocycles. The van der Waals surface area contributed by atoms with Gasteiger partial charge in [-0.05, 0) is 24.0 Å². The van der Waals surface area contributed by atoms with Crippen LogP contribution in [0.5, 0.6) is 0 Å². The molecule has 3 rings (SSSR count). The second kappa shape index (κ2) is 9.65. The van der Waals surface area contributed by atoms with Gasteiger partial charge in [-0.25, -0.2) is 14.2 Å². The number of carbonyl (C=O) groups excluding carboxylic acids is 1. The number of para-hydroxylation sites is 1. The number of nitrogens with one attached hydrogen (secondary N) is 1. The van der Waals surface area contributed by atoms with Crippen LogP contribution in [-0.4, -0.2) is 44.2 Å². The Morgan fingerprint density at radius 1 is 1.06 bits per heavy atom. The molecule has 2 atom stereocenters. The number of carboxylic acid groups (broad SMARTS) is 1. The van der Waals surface area contributed by atoms with E-state index in [0.29, 0.717) is 10.9 Å². The van der Waals surface area contributed by atoms with Crippen LogP contribution in [0.1, 0.15) is 11.6 Å². The molecule has 2 N–H and O–H groups in total. The number of aliphatic carboxylic acids is 1. The van der Waals surface area contributed by atoms with Crippen molar-refractivity contribution in [2.75, 3.05) is 12.0 Å². The van der Waals surface area contributed by atoms with Gasteiger partial charge in [-0.2, -0.15) is 11.8 Å². The van der Waals surface area contributed by atoms with Crippen LogP contribution in [0, 0.1) is 0 Å². The fraction of sp³-hybridized carbons (Fsp3) is 0.273. The molecule has 0 aliphatic rings. The lowest BCUT2D eigenvalue weighted by Crippen LogP contribution is -2.51. The third kappa shape index (κ3) is 4.72. The molecule has 0 spiro atoms. The molecule has 0 unspecified atom stereocenters. The molecule has 0 saturated heterocycles. The topological polar surface area (TPSA) is 110 Å². The van der Waals surface area contributed by atoms with Gasteiger partial charge in [-0.1, -0.05) is 42.5 Å². The molecule has 0 bridgehead atoms. The molecule has 3 aromatic rings. The predicted octanol–water partition coefficient (Wildman–Crippen LogP) is 1.42. The summed E-state index contributed by atoms with van der Waals surface area (Å²) in [6.45, 7) is 0. The third-order valence-electron chi connectivity index (χ3n) is 5.04. The largest absolute Gasteiger partial charge is 0.480 e. The highest BCUT2D eigenvalue weighted by molar-refractivity contribution is 7.98. The molecule has 0 saturated carbocycles. The summed E-state index contributed by atoms with van der Waals surface area (Å²) in [5.74, 6) is -1.72. The Hall–Kier alpha value is -3.33. The first-order valence-corrected chi connectivity index (χ1v) is 11.0. The highest BCUT2D eigenvalue weighted by atomic mass is 32.2. The molecule has 2 aromatic carbocycles. The van der Waals surface area contributed by atoms with Crippen molar-refractivity contribution < 1.29 is 14.7 Å². The summed E-state index contributed by atoms with van der Waals surface area (Å²) >= 11 is 1.27. The zero-order valence-electron chi connectivity index (χ0n) is 17.1. The minimum absolute atomic E-state index is 0.0613. The average molecular weight is 442 g/mol. The van der Waals surface area contributed by atoms with Crippen molar-refractivity contribution in [1.82, 2.24) is 14.5 Å². The van der Waals surface area contributed by atoms with Crippen LogP contribution in [0.3, 0.4) is 0 Å². The molecule has 31 heavy (non-hydrogen) atoms. The Morgan fingerprint density at radius 3 is 2.35 bits per heavy atom. The second-order valence-corrected chi connectivity index (χ2v) is 8.00. The molecule has 0 aliphatic heterocycles. The first-order chi connectivity index (χ1) is 14.8. The van der Waals surface area contributed by atoms with Crippen molar-refractivity contribution in [3.05, 3.63) is 81.0 Å². The van der Waals surface area contributed by atoms with Crippen molar-refractivity contribution in [2.24, 2.45) is 7.05 Å². The number of carbonyl (C=O) groups is 2. The molecule has 9 heteroatoms. The van der Waals surface area contributed by atoms with E-state index in [0.717, 1.165) is 10.1 Å². The van der Waals surface area contributed by atoms with E-state index in [9.17, 15) is 24.3 Å². The number of benzene rings is 2. The van der Waals surface area contributed by atoms with Crippen molar-refractivity contribution in [3.8, 4) is 0 Å². The minimum atomic E-state index is -1.21. The molecule has 8 nitrogen and oxygen atoms in total. The first-order valence-electron chi connectivity index (χ1n) is 9.61. The van der Waals surface area contributed by atoms with Crippen molar-refractivity contribution in [1.29, 1.82) is 0 Å². The van der Waals surface area contributed by atoms with Crippen LogP contribution in [0.2, 0.25) is 0 Å². The fourth-order valence-electron chi connectivity index (χ4n) is 3.45. The quantitative estimate of drug-likeness (QED) is 0.547. The van der Waals surface area contributed by atoms with Gasteiger partial charge in [-0.15, -0.1) is 0 Å². The lowest BCUT2D eigenvalue weighted by molar-refractivity contribution is -0.141. The lowest BCUT2D eigenvalue weighted by atomic mass is 10.0. The van der Waals surface area contributed by atoms with Gasteiger partial charge in [0.1, 0.15) is 12.1 Å². The van der Waals surface area contributed by atoms with E-state index in [2.05, 4.69) is 5.32 Å². The summed E-state index contributed by atoms with van der Waals surface area (Å²) in [6, 6.07) is 13.3. The maximum Gasteiger partial charge on any atom is 0.331 e. The van der Waals surface area contributed by atoms with Crippen molar-refractivity contribution in [2.45, 2.75) is 18.5 Å². The van der Waals surface area contributed by atoms with Gasteiger partial charge < -0.3 is 10.4 Å². The number of rotatable bonds is 8. The number of aromatic nitrogens is 2. The maximum atomic E-state index is 13.2. The molecule has 1 amide bonds. The number of thioether (sulfide) groups is 1. The third-order valence-corrected chi connectivity index (χ3v) is 5.71. The Bertz CT molecular complexity index is 1220. The zero-order valence-corrected chi connectivity index (χ0v) is 18.0. The second-order valence-electron chi connectivity index (χ2n) is 7.09. The highest BCUT2D eigenvalue weighted by Crippen LogP contribution is 2.15. The maximum absolute atomic E-state index is 13.2. The molecule has 0 radical (unpaired) electrons. The Labute approximate surface area is 182 Å². The Morgan fingerprint density at radius 2 is 1.71 bits per heavy atom. The van der Waals surface area contributed by atoms with E-state index in [1.54, 1.807) is 54.8 Å². The lowest BCUT2D eigenvalue weighted by Gasteiger charge is -2.22. The average Bonchev–Trinajstić information content (AvgIpc) is 2.77. The van der Waals surface area contributed by atoms with Gasteiger partial charge in [0.05, 0.1) is 10.9 Å². The van der Waals surface area contributed by atoms with Crippen LogP contribution in [0.4, 0.5) is 0 Å². The normalized spacial score (nSPS) is 13.0. The van der Waals surface area contributed by atoms with Crippen molar-refractivity contribution in [3.63, 3.8) is 0 Å². The van der Waals surface area contributed by atoms with Crippen LogP contribution in [0.25, 0.3) is 10.9 Å². The van der Waals surface area contributed by atoms with E-state index in [1.807, 2.05) is 6.07 Å². The summed E-state index contributed by atoms with van der Waals surface area (Å²) in [7, 11) is 1.53. The van der Waals surface area contributed by atoms with E-state index in [1.165, 1.54) is 23.4 Å². The monoisotopic (exact) mass is 441 g/mol. The van der Waals surface area contributed by atoms with Gasteiger partial charge in [0.25, 0.3) is 5.56 Å². The van der Waals surface area contributed by atoms with E-state index < -0.39 is 35.2 Å². The fourth-order valence-corrected chi connectivity index (χ4v) is 4.01. The molecule has 162 valence electrons. The van der Waals surface area contributed by atoms with Gasteiger partial charge in [-0.3, -0.25) is 14.2 Å². The predicted molar refractivity (Wildman–Crippen MR) is 121 cm³/mol. The number of amides is 1. The number of fused-ring (bicyclic) bond motifs is 1. The number of hydrogen-bond donors (Lipinski definition) is 2. The summed E-state index contributed by atoms with van der Waals surface area (Å²) in [5, 5.41) is 12.2. The van der Waals surface area contributed by atoms with E-state index in [-0.39, 0.29) is 12.2 Å². The van der Waals surface area contributed by atoms with E-state index in [4.69, 9.17) is 0 Å². The van der Waals surface area contributed by atoms with Crippen LogP contribution < -0.4 is 16.6 Å². The van der Waals surface area contributed by atoms with Crippen LogP contribution in [-0.2, 0) is 23.1 Å². The summed E-state index contributed by atoms with van der Waals surface area (Å²) < 4.78 is 2.24. The van der Waals surface area contributed by atoms with Crippen LogP contribution in [0.15, 0.2) is 64.2 Å². The standard InChI is InChI=1S/C22H23N3O5S/c1-24-17-11-7-6-10-15(17)20(27)25(22(24)30)18(12-14-8-4-3-5-9-14)19(26)23-16(13-31-2)21(28)29/h3-11,16,18H,12-13H2,1-2H3,(H,23,26)(H,28,29)/t16-,18-/m0/s1. The number of carboxylic acids is 1. The molecule has 1 aromatic heterocycles. The van der Waals surface area contributed by atoms with Crippen molar-refractivity contribution >= 4 is 34.5 Å². The summed E-state index contributed by atoms with van der Waals surface area (Å²) in [4.78, 5) is 51.1. The first kappa shape index (κ1) is 22.4. The minimum Gasteiger partial charge on any atom is -0.480 e. The summed E-state index contributed by atoms with van der Waals surface area (Å²) in [5.41, 5.74) is -0.0389. The number of aryl methyl sites for hydroxylation is 1. The smallest absolute Gasteiger partial charge is 0.331 e. The highest BCUT2D eigenvalue weighted by Gasteiger charge is 2.29. The van der Waals surface area contributed by atoms with Crippen LogP contribution >= 0.6 is 11.8 Å². The molecule has 0 fully saturated rings. The Balaban J connectivity index is 2.15. The molecular formula is C22H23N3O5S. The van der Waals surface area contributed by atoms with Gasteiger partial charge in [0.2, 0.25) is 5.91 Å². The number of nitrogens with zero attached hydrogens (tertiary/aromatic N) is 2. The van der Waals surface area contributed by atoms with E-state index >= 15 is 0 Å².